The van der Waals surface area contributed by atoms with Gasteiger partial charge in [-0.1, -0.05) is 6.92 Å². The lowest BCUT2D eigenvalue weighted by Crippen LogP contribution is -2.42. The Morgan fingerprint density at radius 1 is 1.33 bits per heavy atom. The Morgan fingerprint density at radius 2 is 1.94 bits per heavy atom. The first-order chi connectivity index (χ1) is 8.26. The van der Waals surface area contributed by atoms with Crippen LogP contribution in [0, 0.1) is 0 Å². The number of carboxylic acid groups (broad SMARTS) is 1. The third-order valence-electron chi connectivity index (χ3n) is 2.31. The van der Waals surface area contributed by atoms with Crippen LogP contribution in [0.1, 0.15) is 26.7 Å². The van der Waals surface area contributed by atoms with E-state index in [4.69, 9.17) is 5.11 Å². The van der Waals surface area contributed by atoms with Gasteiger partial charge in [-0.05, 0) is 13.3 Å². The van der Waals surface area contributed by atoms with Crippen molar-refractivity contribution in [2.45, 2.75) is 32.7 Å². The molecular weight excluding hydrogens is 260 g/mol. The zero-order chi connectivity index (χ0) is 14.2. The molecule has 7 nitrogen and oxygen atoms in total. The normalized spacial score (nSPS) is 12.8. The molecule has 1 atom stereocenters. The molecule has 2 amide bonds. The monoisotopic (exact) mass is 280 g/mol. The Bertz CT molecular complexity index is 380. The Balaban J connectivity index is 3.81. The van der Waals surface area contributed by atoms with Gasteiger partial charge in [0.25, 0.3) is 0 Å². The summed E-state index contributed by atoms with van der Waals surface area (Å²) in [5, 5.41) is 13.4. The molecule has 0 saturated carbocycles. The second kappa shape index (κ2) is 7.91. The summed E-state index contributed by atoms with van der Waals surface area (Å²) in [6.07, 6.45) is 0.307. The van der Waals surface area contributed by atoms with E-state index >= 15 is 0 Å². The number of hydrogen-bond acceptors (Lipinski definition) is 4. The van der Waals surface area contributed by atoms with Gasteiger partial charge in [-0.25, -0.2) is 13.2 Å². The van der Waals surface area contributed by atoms with E-state index in [1.54, 1.807) is 13.8 Å². The molecule has 0 aliphatic rings. The second-order valence-electron chi connectivity index (χ2n) is 3.97. The van der Waals surface area contributed by atoms with E-state index in [0.29, 0.717) is 6.42 Å². The summed E-state index contributed by atoms with van der Waals surface area (Å²) in [6, 6.07) is -0.761. The van der Waals surface area contributed by atoms with Crippen molar-refractivity contribution in [1.82, 2.24) is 10.6 Å². The second-order valence-corrected chi connectivity index (χ2v) is 6.44. The van der Waals surface area contributed by atoms with Crippen molar-refractivity contribution in [3.05, 3.63) is 0 Å². The number of rotatable bonds is 8. The minimum Gasteiger partial charge on any atom is -0.481 e. The number of urea groups is 1. The van der Waals surface area contributed by atoms with E-state index in [9.17, 15) is 18.0 Å². The molecule has 0 bridgehead atoms. The smallest absolute Gasteiger partial charge is 0.315 e. The predicted molar refractivity (Wildman–Crippen MR) is 67.2 cm³/mol. The standard InChI is InChI=1S/C10H20N2O5S/c1-3-18(16,17)7-6-11-10(15)12-8(2)4-5-9(13)14/h8H,3-7H2,1-2H3,(H,13,14)(H2,11,12,15). The SMILES string of the molecule is CCS(=O)(=O)CCNC(=O)NC(C)CCC(=O)O. The average molecular weight is 280 g/mol. The van der Waals surface area contributed by atoms with Gasteiger partial charge in [0, 0.05) is 24.8 Å². The van der Waals surface area contributed by atoms with Crippen LogP contribution in [0.4, 0.5) is 4.79 Å². The van der Waals surface area contributed by atoms with Crippen LogP contribution < -0.4 is 10.6 Å². The molecule has 0 fully saturated rings. The zero-order valence-corrected chi connectivity index (χ0v) is 11.4. The highest BCUT2D eigenvalue weighted by molar-refractivity contribution is 7.91. The van der Waals surface area contributed by atoms with Gasteiger partial charge in [0.05, 0.1) is 5.75 Å². The molecule has 0 aromatic heterocycles. The van der Waals surface area contributed by atoms with Crippen molar-refractivity contribution in [2.75, 3.05) is 18.1 Å². The lowest BCUT2D eigenvalue weighted by Gasteiger charge is -2.13. The molecule has 0 spiro atoms. The third kappa shape index (κ3) is 8.80. The summed E-state index contributed by atoms with van der Waals surface area (Å²) in [7, 11) is -3.09. The fourth-order valence-electron chi connectivity index (χ4n) is 1.15. The summed E-state index contributed by atoms with van der Waals surface area (Å²) in [5.74, 6) is -0.968. The van der Waals surface area contributed by atoms with Crippen molar-refractivity contribution >= 4 is 21.8 Å². The van der Waals surface area contributed by atoms with Crippen LogP contribution in [0.3, 0.4) is 0 Å². The van der Waals surface area contributed by atoms with E-state index in [2.05, 4.69) is 10.6 Å². The number of amides is 2. The molecule has 0 rings (SSSR count). The maximum Gasteiger partial charge on any atom is 0.315 e. The van der Waals surface area contributed by atoms with E-state index in [0.717, 1.165) is 0 Å². The molecule has 8 heteroatoms. The highest BCUT2D eigenvalue weighted by Gasteiger charge is 2.10. The maximum absolute atomic E-state index is 11.3. The van der Waals surface area contributed by atoms with Gasteiger partial charge in [-0.15, -0.1) is 0 Å². The largest absolute Gasteiger partial charge is 0.481 e. The van der Waals surface area contributed by atoms with Gasteiger partial charge >= 0.3 is 12.0 Å². The Kier molecular flexibility index (Phi) is 7.33. The Morgan fingerprint density at radius 3 is 2.44 bits per heavy atom. The van der Waals surface area contributed by atoms with E-state index in [1.165, 1.54) is 0 Å². The molecule has 0 saturated heterocycles. The van der Waals surface area contributed by atoms with E-state index in [1.807, 2.05) is 0 Å². The quantitative estimate of drug-likeness (QED) is 0.578. The van der Waals surface area contributed by atoms with E-state index in [-0.39, 0.29) is 30.5 Å². The molecule has 0 heterocycles. The number of carboxylic acids is 1. The third-order valence-corrected chi connectivity index (χ3v) is 4.01. The lowest BCUT2D eigenvalue weighted by atomic mass is 10.2. The topological polar surface area (TPSA) is 113 Å². The molecule has 0 aliphatic carbocycles. The first kappa shape index (κ1) is 16.7. The van der Waals surface area contributed by atoms with Crippen molar-refractivity contribution in [3.8, 4) is 0 Å². The van der Waals surface area contributed by atoms with Crippen LogP contribution in [-0.4, -0.2) is 49.6 Å². The first-order valence-electron chi connectivity index (χ1n) is 5.73. The molecule has 0 radical (unpaired) electrons. The Hall–Kier alpha value is -1.31. The first-order valence-corrected chi connectivity index (χ1v) is 7.55. The van der Waals surface area contributed by atoms with Crippen molar-refractivity contribution in [3.63, 3.8) is 0 Å². The molecule has 1 unspecified atom stereocenters. The fraction of sp³-hybridized carbons (Fsp3) is 0.800. The van der Waals surface area contributed by atoms with Crippen LogP contribution in [-0.2, 0) is 14.6 Å². The summed E-state index contributed by atoms with van der Waals surface area (Å²) in [4.78, 5) is 21.6. The molecule has 106 valence electrons. The van der Waals surface area contributed by atoms with Gasteiger partial charge < -0.3 is 15.7 Å². The predicted octanol–water partition coefficient (Wildman–Crippen LogP) is -0.0264. The highest BCUT2D eigenvalue weighted by Crippen LogP contribution is 1.95. The molecule has 3 N–H and O–H groups in total. The Labute approximate surface area is 107 Å². The van der Waals surface area contributed by atoms with Crippen LogP contribution in [0.5, 0.6) is 0 Å². The van der Waals surface area contributed by atoms with Gasteiger partial charge in [-0.2, -0.15) is 0 Å². The van der Waals surface area contributed by atoms with Crippen LogP contribution in [0.15, 0.2) is 0 Å². The van der Waals surface area contributed by atoms with Gasteiger partial charge in [0.15, 0.2) is 9.84 Å². The number of sulfone groups is 1. The maximum atomic E-state index is 11.3. The highest BCUT2D eigenvalue weighted by atomic mass is 32.2. The van der Waals surface area contributed by atoms with Crippen molar-refractivity contribution in [2.24, 2.45) is 0 Å². The fourth-order valence-corrected chi connectivity index (χ4v) is 1.85. The molecule has 0 aromatic rings. The van der Waals surface area contributed by atoms with Crippen molar-refractivity contribution in [1.29, 1.82) is 0 Å². The van der Waals surface area contributed by atoms with Crippen molar-refractivity contribution < 1.29 is 23.1 Å². The van der Waals surface area contributed by atoms with E-state index < -0.39 is 21.8 Å². The summed E-state index contributed by atoms with van der Waals surface area (Å²) >= 11 is 0. The minimum absolute atomic E-state index is 0.0222. The number of carbonyl (C=O) groups is 2. The number of carbonyl (C=O) groups excluding carboxylic acids is 1. The average Bonchev–Trinajstić information content (AvgIpc) is 2.26. The number of hydrogen-bond donors (Lipinski definition) is 3. The number of nitrogens with one attached hydrogen (secondary N) is 2. The molecule has 0 aliphatic heterocycles. The van der Waals surface area contributed by atoms with Gasteiger partial charge in [0.1, 0.15) is 0 Å². The summed E-state index contributed by atoms with van der Waals surface area (Å²) in [6.45, 7) is 3.28. The number of aliphatic carboxylic acids is 1. The molecule has 0 aromatic carbocycles. The molecular formula is C10H20N2O5S. The summed E-state index contributed by atoms with van der Waals surface area (Å²) < 4.78 is 22.3. The van der Waals surface area contributed by atoms with Crippen LogP contribution >= 0.6 is 0 Å². The lowest BCUT2D eigenvalue weighted by molar-refractivity contribution is -0.137. The zero-order valence-electron chi connectivity index (χ0n) is 10.6. The minimum atomic E-state index is -3.09. The van der Waals surface area contributed by atoms with Crippen LogP contribution in [0.25, 0.3) is 0 Å². The molecule has 18 heavy (non-hydrogen) atoms. The van der Waals surface area contributed by atoms with Gasteiger partial charge in [0.2, 0.25) is 0 Å². The van der Waals surface area contributed by atoms with Crippen LogP contribution in [0.2, 0.25) is 0 Å². The van der Waals surface area contributed by atoms with Gasteiger partial charge in [-0.3, -0.25) is 4.79 Å². The summed E-state index contributed by atoms with van der Waals surface area (Å²) in [5.41, 5.74) is 0.